The average molecular weight is 342 g/mol. The minimum atomic E-state index is -0.359. The molecule has 8 heteroatoms. The Kier molecular flexibility index (Phi) is 3.91. The normalized spacial score (nSPS) is 20.0. The van der Waals surface area contributed by atoms with Crippen LogP contribution in [0.2, 0.25) is 0 Å². The lowest BCUT2D eigenvalue weighted by atomic mass is 10.1. The largest absolute Gasteiger partial charge is 0.378 e. The molecule has 122 valence electrons. The van der Waals surface area contributed by atoms with Crippen LogP contribution in [0.4, 0.5) is 10.6 Å². The van der Waals surface area contributed by atoms with E-state index in [0.29, 0.717) is 18.1 Å². The molecule has 0 saturated carbocycles. The number of carbonyl (C=O) groups is 2. The summed E-state index contributed by atoms with van der Waals surface area (Å²) in [6.45, 7) is 2.91. The number of anilines is 1. The molecular formula is C16H14N4O3S. The van der Waals surface area contributed by atoms with Crippen LogP contribution >= 0.6 is 11.8 Å². The van der Waals surface area contributed by atoms with Crippen LogP contribution in [-0.4, -0.2) is 47.4 Å². The molecule has 2 amide bonds. The molecule has 2 aliphatic heterocycles. The van der Waals surface area contributed by atoms with E-state index in [9.17, 15) is 9.59 Å². The van der Waals surface area contributed by atoms with Crippen molar-refractivity contribution >= 4 is 45.7 Å². The number of carbonyl (C=O) groups excluding carboxylic acids is 2. The number of imide groups is 1. The fourth-order valence-electron chi connectivity index (χ4n) is 2.75. The lowest BCUT2D eigenvalue weighted by molar-refractivity contribution is -0.115. The molecule has 0 atom stereocenters. The highest BCUT2D eigenvalue weighted by Crippen LogP contribution is 2.29. The van der Waals surface area contributed by atoms with Crippen molar-refractivity contribution in [2.45, 2.75) is 0 Å². The van der Waals surface area contributed by atoms with Crippen LogP contribution in [0.15, 0.2) is 29.4 Å². The fraction of sp³-hybridized carbons (Fsp3) is 0.250. The zero-order chi connectivity index (χ0) is 16.5. The lowest BCUT2D eigenvalue weighted by Gasteiger charge is -2.28. The molecule has 1 aromatic heterocycles. The Balaban J connectivity index is 1.75. The quantitative estimate of drug-likeness (QED) is 0.833. The van der Waals surface area contributed by atoms with E-state index in [1.54, 1.807) is 12.4 Å². The second-order valence-electron chi connectivity index (χ2n) is 5.43. The fourth-order valence-corrected chi connectivity index (χ4v) is 3.43. The molecule has 0 radical (unpaired) electrons. The van der Waals surface area contributed by atoms with Gasteiger partial charge in [-0.2, -0.15) is 0 Å². The van der Waals surface area contributed by atoms with Crippen molar-refractivity contribution in [3.63, 3.8) is 0 Å². The molecule has 7 nitrogen and oxygen atoms in total. The zero-order valence-electron chi connectivity index (χ0n) is 12.7. The van der Waals surface area contributed by atoms with Crippen molar-refractivity contribution in [3.8, 4) is 0 Å². The molecule has 0 unspecified atom stereocenters. The number of nitrogens with one attached hydrogen (secondary N) is 1. The maximum Gasteiger partial charge on any atom is 0.290 e. The van der Waals surface area contributed by atoms with Crippen molar-refractivity contribution in [2.24, 2.45) is 0 Å². The summed E-state index contributed by atoms with van der Waals surface area (Å²) in [5.41, 5.74) is 1.67. The van der Waals surface area contributed by atoms with Gasteiger partial charge in [0, 0.05) is 18.5 Å². The second-order valence-corrected chi connectivity index (χ2v) is 6.44. The summed E-state index contributed by atoms with van der Waals surface area (Å²) >= 11 is 0.909. The van der Waals surface area contributed by atoms with Crippen LogP contribution in [0, 0.1) is 0 Å². The summed E-state index contributed by atoms with van der Waals surface area (Å²) < 4.78 is 5.39. The molecule has 1 N–H and O–H groups in total. The minimum Gasteiger partial charge on any atom is -0.378 e. The first-order valence-electron chi connectivity index (χ1n) is 7.53. The number of morpholine rings is 1. The first-order valence-corrected chi connectivity index (χ1v) is 8.35. The number of rotatable bonds is 2. The van der Waals surface area contributed by atoms with Crippen molar-refractivity contribution in [1.29, 1.82) is 0 Å². The molecule has 0 bridgehead atoms. The third-order valence-electron chi connectivity index (χ3n) is 3.89. The molecule has 0 aliphatic carbocycles. The monoisotopic (exact) mass is 342 g/mol. The van der Waals surface area contributed by atoms with Crippen molar-refractivity contribution < 1.29 is 14.3 Å². The van der Waals surface area contributed by atoms with Gasteiger partial charge in [0.05, 0.1) is 23.6 Å². The molecule has 4 rings (SSSR count). The Morgan fingerprint density at radius 1 is 1.21 bits per heavy atom. The van der Waals surface area contributed by atoms with Gasteiger partial charge < -0.3 is 9.64 Å². The smallest absolute Gasteiger partial charge is 0.290 e. The van der Waals surface area contributed by atoms with E-state index in [0.717, 1.165) is 47.1 Å². The standard InChI is InChI=1S/C16H14N4O3S/c21-15-13(24-16(22)19-15)8-10-1-2-12-11(7-10)14(18-9-17-12)20-3-5-23-6-4-20/h1-2,7-9H,3-6H2,(H,19,21,22)/b13-8-. The molecular weight excluding hydrogens is 328 g/mol. The lowest BCUT2D eigenvalue weighted by Crippen LogP contribution is -2.36. The van der Waals surface area contributed by atoms with Gasteiger partial charge in [-0.3, -0.25) is 14.9 Å². The first-order chi connectivity index (χ1) is 11.7. The number of nitrogens with zero attached hydrogens (tertiary/aromatic N) is 3. The van der Waals surface area contributed by atoms with Crippen molar-refractivity contribution in [1.82, 2.24) is 15.3 Å². The van der Waals surface area contributed by atoms with E-state index in [2.05, 4.69) is 20.2 Å². The SMILES string of the molecule is O=C1NC(=O)/C(=C/c2ccc3ncnc(N4CCOCC4)c3c2)S1. The number of hydrogen-bond acceptors (Lipinski definition) is 7. The minimum absolute atomic E-state index is 0.343. The molecule has 2 aliphatic rings. The Hall–Kier alpha value is -2.45. The number of fused-ring (bicyclic) bond motifs is 1. The highest BCUT2D eigenvalue weighted by molar-refractivity contribution is 8.18. The topological polar surface area (TPSA) is 84.4 Å². The van der Waals surface area contributed by atoms with Crippen LogP contribution in [0.1, 0.15) is 5.56 Å². The Morgan fingerprint density at radius 2 is 2.04 bits per heavy atom. The van der Waals surface area contributed by atoms with Gasteiger partial charge >= 0.3 is 0 Å². The van der Waals surface area contributed by atoms with Gasteiger partial charge in [-0.15, -0.1) is 0 Å². The highest BCUT2D eigenvalue weighted by atomic mass is 32.2. The van der Waals surface area contributed by atoms with Crippen LogP contribution in [0.3, 0.4) is 0 Å². The average Bonchev–Trinajstić information content (AvgIpc) is 2.92. The summed E-state index contributed by atoms with van der Waals surface area (Å²) in [5, 5.41) is 2.83. The van der Waals surface area contributed by atoms with Gasteiger partial charge in [-0.1, -0.05) is 6.07 Å². The van der Waals surface area contributed by atoms with Gasteiger partial charge in [-0.05, 0) is 35.5 Å². The second kappa shape index (κ2) is 6.21. The van der Waals surface area contributed by atoms with Crippen LogP contribution in [-0.2, 0) is 9.53 Å². The maximum absolute atomic E-state index is 11.7. The third-order valence-corrected chi connectivity index (χ3v) is 4.70. The van der Waals surface area contributed by atoms with E-state index in [1.807, 2.05) is 18.2 Å². The number of ether oxygens (including phenoxy) is 1. The van der Waals surface area contributed by atoms with Gasteiger partial charge in [-0.25, -0.2) is 9.97 Å². The Morgan fingerprint density at radius 3 is 2.79 bits per heavy atom. The number of aromatic nitrogens is 2. The Labute approximate surface area is 142 Å². The third kappa shape index (κ3) is 2.85. The molecule has 2 saturated heterocycles. The van der Waals surface area contributed by atoms with Crippen LogP contribution in [0.25, 0.3) is 17.0 Å². The van der Waals surface area contributed by atoms with E-state index in [4.69, 9.17) is 4.74 Å². The van der Waals surface area contributed by atoms with E-state index in [1.165, 1.54) is 0 Å². The first kappa shape index (κ1) is 15.1. The Bertz CT molecular complexity index is 862. The van der Waals surface area contributed by atoms with Crippen LogP contribution < -0.4 is 10.2 Å². The number of hydrogen-bond donors (Lipinski definition) is 1. The maximum atomic E-state index is 11.7. The number of benzene rings is 1. The van der Waals surface area contributed by atoms with Crippen molar-refractivity contribution in [3.05, 3.63) is 35.0 Å². The number of thioether (sulfide) groups is 1. The molecule has 3 heterocycles. The zero-order valence-corrected chi connectivity index (χ0v) is 13.5. The molecule has 24 heavy (non-hydrogen) atoms. The van der Waals surface area contributed by atoms with Gasteiger partial charge in [0.1, 0.15) is 12.1 Å². The van der Waals surface area contributed by atoms with Crippen molar-refractivity contribution in [2.75, 3.05) is 31.2 Å². The summed E-state index contributed by atoms with van der Waals surface area (Å²) in [6.07, 6.45) is 3.27. The summed E-state index contributed by atoms with van der Waals surface area (Å²) in [5.74, 6) is 0.506. The summed E-state index contributed by atoms with van der Waals surface area (Å²) in [6, 6.07) is 5.72. The molecule has 1 aromatic carbocycles. The summed E-state index contributed by atoms with van der Waals surface area (Å²) in [7, 11) is 0. The molecule has 2 fully saturated rings. The molecule has 0 spiro atoms. The number of amides is 2. The van der Waals surface area contributed by atoms with Gasteiger partial charge in [0.25, 0.3) is 11.1 Å². The van der Waals surface area contributed by atoms with Gasteiger partial charge in [0.15, 0.2) is 0 Å². The highest BCUT2D eigenvalue weighted by Gasteiger charge is 2.25. The predicted molar refractivity (Wildman–Crippen MR) is 91.7 cm³/mol. The predicted octanol–water partition coefficient (Wildman–Crippen LogP) is 1.79. The summed E-state index contributed by atoms with van der Waals surface area (Å²) in [4.78, 5) is 34.3. The van der Waals surface area contributed by atoms with Gasteiger partial charge in [0.2, 0.25) is 0 Å². The van der Waals surface area contributed by atoms with E-state index >= 15 is 0 Å². The molecule has 2 aromatic rings. The van der Waals surface area contributed by atoms with E-state index in [-0.39, 0.29) is 11.1 Å². The van der Waals surface area contributed by atoms with Crippen LogP contribution in [0.5, 0.6) is 0 Å². The van der Waals surface area contributed by atoms with E-state index < -0.39 is 0 Å².